The van der Waals surface area contributed by atoms with Gasteiger partial charge in [-0.05, 0) is 18.9 Å². The highest BCUT2D eigenvalue weighted by atomic mass is 16.3. The molecule has 3 rings (SSSR count). The normalized spacial score (nSPS) is 22.5. The second-order valence-electron chi connectivity index (χ2n) is 6.31. The summed E-state index contributed by atoms with van der Waals surface area (Å²) in [7, 11) is 1.86. The summed E-state index contributed by atoms with van der Waals surface area (Å²) in [4.78, 5) is 18.1. The van der Waals surface area contributed by atoms with Crippen molar-refractivity contribution in [1.29, 1.82) is 0 Å². The summed E-state index contributed by atoms with van der Waals surface area (Å²) >= 11 is 0. The van der Waals surface area contributed by atoms with Crippen LogP contribution in [-0.2, 0) is 6.54 Å². The Morgan fingerprint density at radius 2 is 2.05 bits per heavy atom. The second kappa shape index (κ2) is 6.66. The van der Waals surface area contributed by atoms with Gasteiger partial charge in [-0.25, -0.2) is 4.79 Å². The lowest BCUT2D eigenvalue weighted by molar-refractivity contribution is 0.0681. The lowest BCUT2D eigenvalue weighted by atomic mass is 10.0. The third kappa shape index (κ3) is 3.41. The number of piperidine rings is 1. The van der Waals surface area contributed by atoms with Crippen LogP contribution in [0.5, 0.6) is 0 Å². The Kier molecular flexibility index (Phi) is 4.63. The van der Waals surface area contributed by atoms with E-state index in [0.29, 0.717) is 19.1 Å². The monoisotopic (exact) mass is 307 g/mol. The first-order valence-corrected chi connectivity index (χ1v) is 8.03. The minimum atomic E-state index is -0.406. The van der Waals surface area contributed by atoms with Gasteiger partial charge in [-0.15, -0.1) is 0 Å². The number of β-amino-alcohol motifs (C(OH)–C–C–N with tert-alkyl or cyclic N) is 1. The molecule has 1 N–H and O–H groups in total. The zero-order valence-electron chi connectivity index (χ0n) is 13.1. The molecule has 0 aliphatic carbocycles. The molecular weight excluding hydrogens is 282 g/mol. The summed E-state index contributed by atoms with van der Waals surface area (Å²) < 4.78 is 1.76. The molecule has 3 heterocycles. The molecule has 0 bridgehead atoms. The number of hydrogen-bond donors (Lipinski definition) is 1. The van der Waals surface area contributed by atoms with Crippen molar-refractivity contribution in [3.8, 4) is 0 Å². The quantitative estimate of drug-likeness (QED) is 0.836. The molecular formula is C15H25N5O2. The van der Waals surface area contributed by atoms with E-state index in [-0.39, 0.29) is 6.03 Å². The van der Waals surface area contributed by atoms with Crippen molar-refractivity contribution in [3.05, 3.63) is 18.5 Å². The Hall–Kier alpha value is -1.60. The van der Waals surface area contributed by atoms with Crippen LogP contribution >= 0.6 is 0 Å². The van der Waals surface area contributed by atoms with Crippen LogP contribution < -0.4 is 0 Å². The van der Waals surface area contributed by atoms with Crippen molar-refractivity contribution in [1.82, 2.24) is 24.5 Å². The number of likely N-dealkylation sites (tertiary alicyclic amines) is 1. The minimum absolute atomic E-state index is 0.164. The number of aliphatic hydroxyl groups excluding tert-OH is 1. The van der Waals surface area contributed by atoms with E-state index in [1.54, 1.807) is 15.8 Å². The third-order valence-electron chi connectivity index (χ3n) is 4.67. The second-order valence-corrected chi connectivity index (χ2v) is 6.31. The first-order valence-electron chi connectivity index (χ1n) is 8.03. The Morgan fingerprint density at radius 3 is 2.64 bits per heavy atom. The summed E-state index contributed by atoms with van der Waals surface area (Å²) in [5, 5.41) is 14.3. The Balaban J connectivity index is 1.43. The predicted octanol–water partition coefficient (Wildman–Crippen LogP) is 0.0758. The van der Waals surface area contributed by atoms with Crippen LogP contribution in [0.15, 0.2) is 18.5 Å². The summed E-state index contributed by atoms with van der Waals surface area (Å²) in [5.74, 6) is 0. The molecule has 7 nitrogen and oxygen atoms in total. The SMILES string of the molecule is CN1CCN(C2CCN(C[C@H](O)Cn3cccn3)CC2)C1=O. The average molecular weight is 307 g/mol. The van der Waals surface area contributed by atoms with Crippen LogP contribution in [0.25, 0.3) is 0 Å². The molecule has 1 atom stereocenters. The van der Waals surface area contributed by atoms with Crippen molar-refractivity contribution < 1.29 is 9.90 Å². The van der Waals surface area contributed by atoms with Gasteiger partial charge in [0.05, 0.1) is 12.6 Å². The van der Waals surface area contributed by atoms with E-state index < -0.39 is 6.10 Å². The highest BCUT2D eigenvalue weighted by Gasteiger charge is 2.33. The zero-order chi connectivity index (χ0) is 15.5. The van der Waals surface area contributed by atoms with Crippen LogP contribution in [0, 0.1) is 0 Å². The largest absolute Gasteiger partial charge is 0.390 e. The molecule has 122 valence electrons. The molecule has 2 fully saturated rings. The van der Waals surface area contributed by atoms with Gasteiger partial charge >= 0.3 is 6.03 Å². The summed E-state index contributed by atoms with van der Waals surface area (Å²) in [6, 6.07) is 2.39. The van der Waals surface area contributed by atoms with Gasteiger partial charge in [0.2, 0.25) is 0 Å². The molecule has 0 saturated carbocycles. The highest BCUT2D eigenvalue weighted by molar-refractivity contribution is 5.76. The van der Waals surface area contributed by atoms with E-state index in [4.69, 9.17) is 0 Å². The fraction of sp³-hybridized carbons (Fsp3) is 0.733. The molecule has 1 aromatic rings. The van der Waals surface area contributed by atoms with Gasteiger partial charge in [0, 0.05) is 58.2 Å². The number of likely N-dealkylation sites (N-methyl/N-ethyl adjacent to an activating group) is 1. The zero-order valence-corrected chi connectivity index (χ0v) is 13.1. The minimum Gasteiger partial charge on any atom is -0.390 e. The Bertz CT molecular complexity index is 484. The van der Waals surface area contributed by atoms with E-state index >= 15 is 0 Å². The highest BCUT2D eigenvalue weighted by Crippen LogP contribution is 2.20. The number of hydrogen-bond acceptors (Lipinski definition) is 4. The third-order valence-corrected chi connectivity index (χ3v) is 4.67. The van der Waals surface area contributed by atoms with Gasteiger partial charge in [0.1, 0.15) is 0 Å². The number of carbonyl (C=O) groups is 1. The number of amides is 2. The summed E-state index contributed by atoms with van der Waals surface area (Å²) in [5.41, 5.74) is 0. The maximum atomic E-state index is 12.0. The van der Waals surface area contributed by atoms with Gasteiger partial charge in [0.25, 0.3) is 0 Å². The molecule has 2 aliphatic heterocycles. The van der Waals surface area contributed by atoms with Gasteiger partial charge in [-0.1, -0.05) is 0 Å². The first-order chi connectivity index (χ1) is 10.6. The average Bonchev–Trinajstić information content (AvgIpc) is 3.12. The van der Waals surface area contributed by atoms with E-state index in [9.17, 15) is 9.90 Å². The van der Waals surface area contributed by atoms with Gasteiger partial charge in [-0.3, -0.25) is 4.68 Å². The number of carbonyl (C=O) groups excluding carboxylic acids is 1. The molecule has 2 aliphatic rings. The lowest BCUT2D eigenvalue weighted by Crippen LogP contribution is -2.48. The Morgan fingerprint density at radius 1 is 1.27 bits per heavy atom. The maximum Gasteiger partial charge on any atom is 0.320 e. The van der Waals surface area contributed by atoms with Gasteiger partial charge < -0.3 is 19.8 Å². The van der Waals surface area contributed by atoms with E-state index in [0.717, 1.165) is 39.0 Å². The molecule has 2 saturated heterocycles. The van der Waals surface area contributed by atoms with Crippen molar-refractivity contribution in [2.45, 2.75) is 31.5 Å². The fourth-order valence-corrected chi connectivity index (χ4v) is 3.40. The van der Waals surface area contributed by atoms with Crippen LogP contribution in [0.2, 0.25) is 0 Å². The molecule has 0 radical (unpaired) electrons. The van der Waals surface area contributed by atoms with Gasteiger partial charge in [-0.2, -0.15) is 5.10 Å². The standard InChI is InChI=1S/C15H25N5O2/c1-17-9-10-20(15(17)22)13-3-7-18(8-4-13)11-14(21)12-19-6-2-5-16-19/h2,5-6,13-14,21H,3-4,7-12H2,1H3/t14-/m0/s1. The topological polar surface area (TPSA) is 64.8 Å². The Labute approximate surface area is 131 Å². The summed E-state index contributed by atoms with van der Waals surface area (Å²) in [6.07, 6.45) is 5.17. The van der Waals surface area contributed by atoms with Crippen LogP contribution in [0.1, 0.15) is 12.8 Å². The molecule has 22 heavy (non-hydrogen) atoms. The molecule has 0 aromatic carbocycles. The lowest BCUT2D eigenvalue weighted by Gasteiger charge is -2.37. The van der Waals surface area contributed by atoms with Crippen molar-refractivity contribution in [3.63, 3.8) is 0 Å². The molecule has 7 heteroatoms. The van der Waals surface area contributed by atoms with Gasteiger partial charge in [0.15, 0.2) is 0 Å². The van der Waals surface area contributed by atoms with E-state index in [2.05, 4.69) is 10.00 Å². The number of rotatable bonds is 5. The number of aromatic nitrogens is 2. The maximum absolute atomic E-state index is 12.0. The fourth-order valence-electron chi connectivity index (χ4n) is 3.40. The molecule has 2 amide bonds. The van der Waals surface area contributed by atoms with Crippen LogP contribution in [0.3, 0.4) is 0 Å². The smallest absolute Gasteiger partial charge is 0.320 e. The van der Waals surface area contributed by atoms with E-state index in [1.807, 2.05) is 24.2 Å². The van der Waals surface area contributed by atoms with Crippen molar-refractivity contribution >= 4 is 6.03 Å². The molecule has 1 aromatic heterocycles. The van der Waals surface area contributed by atoms with Crippen LogP contribution in [-0.4, -0.2) is 87.5 Å². The number of nitrogens with zero attached hydrogens (tertiary/aromatic N) is 5. The molecule has 0 unspecified atom stereocenters. The van der Waals surface area contributed by atoms with E-state index in [1.165, 1.54) is 0 Å². The van der Waals surface area contributed by atoms with Crippen molar-refractivity contribution in [2.75, 3.05) is 39.8 Å². The first kappa shape index (κ1) is 15.3. The number of urea groups is 1. The number of aliphatic hydroxyl groups is 1. The summed E-state index contributed by atoms with van der Waals surface area (Å²) in [6.45, 7) is 4.76. The molecule has 0 spiro atoms. The van der Waals surface area contributed by atoms with Crippen molar-refractivity contribution in [2.24, 2.45) is 0 Å². The predicted molar refractivity (Wildman–Crippen MR) is 82.4 cm³/mol. The van der Waals surface area contributed by atoms with Crippen LogP contribution in [0.4, 0.5) is 4.79 Å².